The van der Waals surface area contributed by atoms with Crippen LogP contribution < -0.4 is 5.43 Å². The van der Waals surface area contributed by atoms with E-state index < -0.39 is 16.0 Å². The Hall–Kier alpha value is -1.80. The largest absolute Gasteiger partial charge is 0.339 e. The van der Waals surface area contributed by atoms with Gasteiger partial charge in [-0.2, -0.15) is 0 Å². The number of hydrogen-bond donors (Lipinski definition) is 0. The molecule has 0 saturated carbocycles. The lowest BCUT2D eigenvalue weighted by Gasteiger charge is -2.07. The molecule has 0 amide bonds. The maximum Gasteiger partial charge on any atom is 0.333 e. The summed E-state index contributed by atoms with van der Waals surface area (Å²) in [6.45, 7) is 1.93. The molecule has 2 aromatic heterocycles. The lowest BCUT2D eigenvalue weighted by atomic mass is 10.4. The zero-order chi connectivity index (χ0) is 14.9. The average Bonchev–Trinajstić information content (AvgIpc) is 2.31. The van der Waals surface area contributed by atoms with Gasteiger partial charge in [0.1, 0.15) is 11.0 Å². The van der Waals surface area contributed by atoms with Crippen molar-refractivity contribution in [3.63, 3.8) is 0 Å². The van der Waals surface area contributed by atoms with Crippen LogP contribution in [0, 0.1) is 17.0 Å². The van der Waals surface area contributed by atoms with Crippen molar-refractivity contribution in [3.8, 4) is 0 Å². The Morgan fingerprint density at radius 1 is 1.45 bits per heavy atom. The normalized spacial score (nSPS) is 10.6. The lowest BCUT2D eigenvalue weighted by molar-refractivity contribution is -0.386. The predicted molar refractivity (Wildman–Crippen MR) is 75.9 cm³/mol. The van der Waals surface area contributed by atoms with Gasteiger partial charge in [0.2, 0.25) is 0 Å². The van der Waals surface area contributed by atoms with Crippen molar-refractivity contribution in [2.24, 2.45) is 0 Å². The number of aromatic nitrogens is 3. The molecule has 0 fully saturated rings. The number of halogens is 2. The third-order valence-electron chi connectivity index (χ3n) is 2.41. The molecular weight excluding hydrogens is 352 g/mol. The fourth-order valence-corrected chi connectivity index (χ4v) is 2.35. The average molecular weight is 360 g/mol. The van der Waals surface area contributed by atoms with E-state index in [1.807, 2.05) is 0 Å². The molecule has 0 atom stereocenters. The molecule has 104 valence electrons. The highest BCUT2D eigenvalue weighted by Crippen LogP contribution is 2.13. The van der Waals surface area contributed by atoms with Gasteiger partial charge in [-0.25, -0.2) is 9.97 Å². The second kappa shape index (κ2) is 5.68. The van der Waals surface area contributed by atoms with Crippen LogP contribution in [0.2, 0.25) is 5.15 Å². The second-order valence-electron chi connectivity index (χ2n) is 4.00. The van der Waals surface area contributed by atoms with Gasteiger partial charge in [0.05, 0.1) is 22.1 Å². The highest BCUT2D eigenvalue weighted by molar-refractivity contribution is 9.10. The summed E-state index contributed by atoms with van der Waals surface area (Å²) >= 11 is 8.83. The number of nitrogens with zero attached hydrogens (tertiary/aromatic N) is 4. The standard InChI is InChI=1S/C11H8BrClN4O3/c1-6-2-9(13)15-10(14-6)5-16-3-7(12)11(18)8(4-16)17(19)20/h2-4H,5H2,1H3. The predicted octanol–water partition coefficient (Wildman–Crippen LogP) is 2.32. The van der Waals surface area contributed by atoms with E-state index in [0.29, 0.717) is 16.7 Å². The van der Waals surface area contributed by atoms with E-state index in [-0.39, 0.29) is 11.0 Å². The van der Waals surface area contributed by atoms with Crippen LogP contribution in [0.5, 0.6) is 0 Å². The minimum absolute atomic E-state index is 0.102. The Bertz CT molecular complexity index is 727. The minimum Gasteiger partial charge on any atom is -0.339 e. The van der Waals surface area contributed by atoms with Gasteiger partial charge in [-0.3, -0.25) is 14.9 Å². The molecule has 0 aliphatic heterocycles. The summed E-state index contributed by atoms with van der Waals surface area (Å²) in [7, 11) is 0. The van der Waals surface area contributed by atoms with Crippen molar-refractivity contribution in [3.05, 3.63) is 59.9 Å². The molecule has 0 aromatic carbocycles. The van der Waals surface area contributed by atoms with E-state index >= 15 is 0 Å². The Kier molecular flexibility index (Phi) is 4.15. The number of nitro groups is 1. The van der Waals surface area contributed by atoms with Crippen LogP contribution in [-0.2, 0) is 6.54 Å². The molecule has 0 unspecified atom stereocenters. The fraction of sp³-hybridized carbons (Fsp3) is 0.182. The molecule has 0 bridgehead atoms. The summed E-state index contributed by atoms with van der Waals surface area (Å²) in [6.07, 6.45) is 2.58. The van der Waals surface area contributed by atoms with Crippen molar-refractivity contribution in [2.45, 2.75) is 13.5 Å². The summed E-state index contributed by atoms with van der Waals surface area (Å²) in [5, 5.41) is 11.1. The molecule has 9 heteroatoms. The maximum absolute atomic E-state index is 11.6. The van der Waals surface area contributed by atoms with Gasteiger partial charge in [-0.15, -0.1) is 0 Å². The topological polar surface area (TPSA) is 90.9 Å². The molecule has 2 aromatic rings. The Morgan fingerprint density at radius 3 is 2.75 bits per heavy atom. The zero-order valence-corrected chi connectivity index (χ0v) is 12.6. The Labute approximate surface area is 126 Å². The molecule has 0 spiro atoms. The minimum atomic E-state index is -0.728. The number of rotatable bonds is 3. The maximum atomic E-state index is 11.6. The van der Waals surface area contributed by atoms with Crippen LogP contribution in [0.4, 0.5) is 5.69 Å². The van der Waals surface area contributed by atoms with E-state index in [0.717, 1.165) is 6.20 Å². The SMILES string of the molecule is Cc1cc(Cl)nc(Cn2cc(Br)c(=O)c([N+](=O)[O-])c2)n1. The zero-order valence-electron chi connectivity index (χ0n) is 10.2. The monoisotopic (exact) mass is 358 g/mol. The van der Waals surface area contributed by atoms with Gasteiger partial charge >= 0.3 is 5.69 Å². The van der Waals surface area contributed by atoms with Gasteiger partial charge in [0, 0.05) is 11.9 Å². The van der Waals surface area contributed by atoms with E-state index in [1.165, 1.54) is 10.8 Å². The van der Waals surface area contributed by atoms with Gasteiger partial charge in [-0.1, -0.05) is 11.6 Å². The van der Waals surface area contributed by atoms with Crippen LogP contribution in [0.3, 0.4) is 0 Å². The molecular formula is C11H8BrClN4O3. The van der Waals surface area contributed by atoms with Crippen LogP contribution in [0.1, 0.15) is 11.5 Å². The first-order valence-corrected chi connectivity index (χ1v) is 6.58. The summed E-state index contributed by atoms with van der Waals surface area (Å²) in [5.74, 6) is 0.403. The first-order valence-electron chi connectivity index (χ1n) is 5.41. The first kappa shape index (κ1) is 14.6. The number of aryl methyl sites for hydroxylation is 1. The molecule has 0 aliphatic carbocycles. The van der Waals surface area contributed by atoms with E-state index in [9.17, 15) is 14.9 Å². The smallest absolute Gasteiger partial charge is 0.333 e. The molecule has 0 saturated heterocycles. The van der Waals surface area contributed by atoms with Crippen molar-refractivity contribution < 1.29 is 4.92 Å². The molecule has 20 heavy (non-hydrogen) atoms. The van der Waals surface area contributed by atoms with E-state index in [2.05, 4.69) is 25.9 Å². The van der Waals surface area contributed by atoms with E-state index in [4.69, 9.17) is 11.6 Å². The highest BCUT2D eigenvalue weighted by Gasteiger charge is 2.16. The third-order valence-corrected chi connectivity index (χ3v) is 3.17. The molecule has 0 radical (unpaired) electrons. The lowest BCUT2D eigenvalue weighted by Crippen LogP contribution is -2.14. The fourth-order valence-electron chi connectivity index (χ4n) is 1.62. The summed E-state index contributed by atoms with van der Waals surface area (Å²) < 4.78 is 1.56. The van der Waals surface area contributed by atoms with Crippen molar-refractivity contribution in [2.75, 3.05) is 0 Å². The third kappa shape index (κ3) is 3.20. The van der Waals surface area contributed by atoms with Crippen LogP contribution >= 0.6 is 27.5 Å². The van der Waals surface area contributed by atoms with Gasteiger partial charge in [0.25, 0.3) is 5.43 Å². The Balaban J connectivity index is 2.44. The molecule has 7 nitrogen and oxygen atoms in total. The number of pyridine rings is 1. The van der Waals surface area contributed by atoms with Crippen molar-refractivity contribution in [1.82, 2.24) is 14.5 Å². The van der Waals surface area contributed by atoms with Crippen LogP contribution in [-0.4, -0.2) is 19.5 Å². The summed E-state index contributed by atoms with van der Waals surface area (Å²) in [4.78, 5) is 29.8. The van der Waals surface area contributed by atoms with Crippen molar-refractivity contribution >= 4 is 33.2 Å². The Morgan fingerprint density at radius 2 is 2.15 bits per heavy atom. The second-order valence-corrected chi connectivity index (χ2v) is 5.24. The van der Waals surface area contributed by atoms with Gasteiger partial charge < -0.3 is 4.57 Å². The van der Waals surface area contributed by atoms with Crippen LogP contribution in [0.25, 0.3) is 0 Å². The van der Waals surface area contributed by atoms with Crippen LogP contribution in [0.15, 0.2) is 27.7 Å². The molecule has 0 aliphatic rings. The van der Waals surface area contributed by atoms with Gasteiger partial charge in [-0.05, 0) is 28.9 Å². The first-order chi connectivity index (χ1) is 9.36. The van der Waals surface area contributed by atoms with E-state index in [1.54, 1.807) is 13.0 Å². The quantitative estimate of drug-likeness (QED) is 0.476. The van der Waals surface area contributed by atoms with Gasteiger partial charge in [0.15, 0.2) is 0 Å². The summed E-state index contributed by atoms with van der Waals surface area (Å²) in [6, 6.07) is 1.61. The molecule has 0 N–H and O–H groups in total. The molecule has 2 rings (SSSR count). The number of hydrogen-bond acceptors (Lipinski definition) is 5. The molecule has 2 heterocycles. The highest BCUT2D eigenvalue weighted by atomic mass is 79.9. The summed E-state index contributed by atoms with van der Waals surface area (Å²) in [5.41, 5.74) is -0.498. The van der Waals surface area contributed by atoms with Crippen molar-refractivity contribution in [1.29, 1.82) is 0 Å².